The van der Waals surface area contributed by atoms with Crippen LogP contribution in [0.25, 0.3) is 6.08 Å². The van der Waals surface area contributed by atoms with Gasteiger partial charge in [0.05, 0.1) is 0 Å². The molecular weight excluding hydrogens is 212 g/mol. The summed E-state index contributed by atoms with van der Waals surface area (Å²) in [4.78, 5) is 0. The Morgan fingerprint density at radius 3 is 3.00 bits per heavy atom. The third-order valence-electron chi connectivity index (χ3n) is 3.89. The largest absolute Gasteiger partial charge is 0.126 e. The van der Waals surface area contributed by atoms with Crippen molar-refractivity contribution in [3.05, 3.63) is 52.4 Å². The van der Waals surface area contributed by atoms with Gasteiger partial charge < -0.3 is 0 Å². The van der Waals surface area contributed by atoms with Crippen LogP contribution in [-0.2, 0) is 0 Å². The highest BCUT2D eigenvalue weighted by atomic mass is 32.2. The topological polar surface area (TPSA) is 0 Å². The van der Waals surface area contributed by atoms with Crippen LogP contribution in [0, 0.1) is 5.41 Å². The van der Waals surface area contributed by atoms with E-state index in [-0.39, 0.29) is 5.41 Å². The maximum absolute atomic E-state index is 2.39. The average Bonchev–Trinajstić information content (AvgIpc) is 2.42. The standard InChI is InChI=1S/C15H16S/c1-11-10-16-14-9-15(11,2)8-7-12-5-3-4-6-13(12)14/h3-8,10,14H,9H2,1-2H3/t14-,15-/m0/s1. The van der Waals surface area contributed by atoms with Gasteiger partial charge in [0.15, 0.2) is 0 Å². The number of allylic oxidation sites excluding steroid dienone is 2. The summed E-state index contributed by atoms with van der Waals surface area (Å²) in [5, 5.41) is 2.97. The highest BCUT2D eigenvalue weighted by Gasteiger charge is 2.34. The second kappa shape index (κ2) is 3.53. The van der Waals surface area contributed by atoms with Crippen LogP contribution < -0.4 is 0 Å². The maximum Gasteiger partial charge on any atom is 0.0355 e. The van der Waals surface area contributed by atoms with Crippen molar-refractivity contribution in [1.29, 1.82) is 0 Å². The fraction of sp³-hybridized carbons (Fsp3) is 0.333. The van der Waals surface area contributed by atoms with Crippen molar-refractivity contribution in [1.82, 2.24) is 0 Å². The van der Waals surface area contributed by atoms with E-state index in [0.717, 1.165) is 0 Å². The van der Waals surface area contributed by atoms with E-state index in [0.29, 0.717) is 5.25 Å². The molecule has 0 aromatic heterocycles. The summed E-state index contributed by atoms with van der Waals surface area (Å²) < 4.78 is 0. The van der Waals surface area contributed by atoms with Crippen LogP contribution in [-0.4, -0.2) is 0 Å². The minimum absolute atomic E-state index is 0.259. The van der Waals surface area contributed by atoms with E-state index in [1.807, 2.05) is 11.8 Å². The number of hydrogen-bond acceptors (Lipinski definition) is 1. The molecule has 0 nitrogen and oxygen atoms in total. The molecule has 16 heavy (non-hydrogen) atoms. The number of rotatable bonds is 0. The minimum Gasteiger partial charge on any atom is -0.126 e. The Hall–Kier alpha value is -0.950. The second-order valence-corrected chi connectivity index (χ2v) is 6.09. The van der Waals surface area contributed by atoms with E-state index >= 15 is 0 Å². The fourth-order valence-corrected chi connectivity index (χ4v) is 3.97. The maximum atomic E-state index is 2.39. The third-order valence-corrected chi connectivity index (χ3v) is 5.13. The fourth-order valence-electron chi connectivity index (χ4n) is 2.53. The van der Waals surface area contributed by atoms with Gasteiger partial charge in [-0.2, -0.15) is 0 Å². The average molecular weight is 228 g/mol. The quantitative estimate of drug-likeness (QED) is 0.614. The molecule has 2 aliphatic rings. The minimum atomic E-state index is 0.259. The SMILES string of the molecule is CC1=CS[C@H]2C[C@]1(C)C=Cc1ccccc12. The van der Waals surface area contributed by atoms with Crippen molar-refractivity contribution in [2.45, 2.75) is 25.5 Å². The second-order valence-electron chi connectivity index (χ2n) is 5.01. The summed E-state index contributed by atoms with van der Waals surface area (Å²) in [6, 6.07) is 8.79. The Morgan fingerprint density at radius 2 is 2.12 bits per heavy atom. The van der Waals surface area contributed by atoms with Gasteiger partial charge in [0.2, 0.25) is 0 Å². The summed E-state index contributed by atoms with van der Waals surface area (Å²) in [6.45, 7) is 4.61. The first kappa shape index (κ1) is 10.2. The van der Waals surface area contributed by atoms with Gasteiger partial charge in [-0.05, 0) is 29.9 Å². The lowest BCUT2D eigenvalue weighted by molar-refractivity contribution is 0.464. The number of fused-ring (bicyclic) bond motifs is 4. The Labute approximate surface area is 101 Å². The van der Waals surface area contributed by atoms with E-state index in [1.165, 1.54) is 23.1 Å². The molecule has 1 aromatic rings. The predicted molar refractivity (Wildman–Crippen MR) is 72.3 cm³/mol. The molecule has 1 aliphatic heterocycles. The molecular formula is C15H16S. The highest BCUT2D eigenvalue weighted by molar-refractivity contribution is 8.02. The summed E-state index contributed by atoms with van der Waals surface area (Å²) in [6.07, 6.45) is 5.92. The number of benzene rings is 1. The van der Waals surface area contributed by atoms with E-state index in [9.17, 15) is 0 Å². The predicted octanol–water partition coefficient (Wildman–Crippen LogP) is 4.80. The van der Waals surface area contributed by atoms with Crippen molar-refractivity contribution >= 4 is 17.8 Å². The van der Waals surface area contributed by atoms with Gasteiger partial charge in [-0.25, -0.2) is 0 Å². The van der Waals surface area contributed by atoms with E-state index in [2.05, 4.69) is 55.7 Å². The lowest BCUT2D eigenvalue weighted by Gasteiger charge is -2.34. The van der Waals surface area contributed by atoms with Gasteiger partial charge in [0.1, 0.15) is 0 Å². The van der Waals surface area contributed by atoms with Crippen molar-refractivity contribution in [3.63, 3.8) is 0 Å². The van der Waals surface area contributed by atoms with Gasteiger partial charge in [0, 0.05) is 10.7 Å². The molecule has 0 unspecified atom stereocenters. The normalized spacial score (nSPS) is 31.6. The van der Waals surface area contributed by atoms with Crippen LogP contribution in [0.5, 0.6) is 0 Å². The summed E-state index contributed by atoms with van der Waals surface area (Å²) in [5.74, 6) is 0. The Bertz CT molecular complexity index is 484. The Kier molecular flexibility index (Phi) is 2.25. The highest BCUT2D eigenvalue weighted by Crippen LogP contribution is 2.52. The van der Waals surface area contributed by atoms with Crippen molar-refractivity contribution < 1.29 is 0 Å². The van der Waals surface area contributed by atoms with Crippen LogP contribution >= 0.6 is 11.8 Å². The van der Waals surface area contributed by atoms with Crippen LogP contribution in [0.4, 0.5) is 0 Å². The number of hydrogen-bond donors (Lipinski definition) is 0. The van der Waals surface area contributed by atoms with Gasteiger partial charge in [-0.15, -0.1) is 11.8 Å². The van der Waals surface area contributed by atoms with Gasteiger partial charge >= 0.3 is 0 Å². The Balaban J connectivity index is 2.16. The van der Waals surface area contributed by atoms with E-state index in [1.54, 1.807) is 0 Å². The lowest BCUT2D eigenvalue weighted by Crippen LogP contribution is -2.19. The molecule has 2 bridgehead atoms. The molecule has 2 atom stereocenters. The zero-order valence-corrected chi connectivity index (χ0v) is 10.6. The van der Waals surface area contributed by atoms with Crippen molar-refractivity contribution in [2.24, 2.45) is 5.41 Å². The smallest absolute Gasteiger partial charge is 0.0355 e. The molecule has 82 valence electrons. The monoisotopic (exact) mass is 228 g/mol. The first-order chi connectivity index (χ1) is 7.69. The molecule has 0 amide bonds. The molecule has 1 heterocycles. The lowest BCUT2D eigenvalue weighted by atomic mass is 9.79. The molecule has 1 aromatic carbocycles. The molecule has 0 radical (unpaired) electrons. The first-order valence-corrected chi connectivity index (χ1v) is 6.74. The van der Waals surface area contributed by atoms with Crippen LogP contribution in [0.15, 0.2) is 41.3 Å². The van der Waals surface area contributed by atoms with Crippen molar-refractivity contribution in [3.8, 4) is 0 Å². The Morgan fingerprint density at radius 1 is 1.31 bits per heavy atom. The van der Waals surface area contributed by atoms with E-state index in [4.69, 9.17) is 0 Å². The molecule has 0 N–H and O–H groups in total. The first-order valence-electron chi connectivity index (χ1n) is 5.80. The van der Waals surface area contributed by atoms with Crippen LogP contribution in [0.1, 0.15) is 36.6 Å². The molecule has 3 rings (SSSR count). The molecule has 0 saturated heterocycles. The van der Waals surface area contributed by atoms with Crippen LogP contribution in [0.2, 0.25) is 0 Å². The van der Waals surface area contributed by atoms with Crippen LogP contribution in [0.3, 0.4) is 0 Å². The molecule has 0 spiro atoms. The summed E-state index contributed by atoms with van der Waals surface area (Å²) in [7, 11) is 0. The molecule has 0 fully saturated rings. The summed E-state index contributed by atoms with van der Waals surface area (Å²) in [5.41, 5.74) is 4.65. The third kappa shape index (κ3) is 1.46. The molecule has 1 aliphatic carbocycles. The molecule has 0 saturated carbocycles. The van der Waals surface area contributed by atoms with Crippen molar-refractivity contribution in [2.75, 3.05) is 0 Å². The summed E-state index contributed by atoms with van der Waals surface area (Å²) >= 11 is 1.98. The number of thioether (sulfide) groups is 1. The zero-order valence-electron chi connectivity index (χ0n) is 9.73. The molecule has 1 heteroatoms. The van der Waals surface area contributed by atoms with Gasteiger partial charge in [-0.3, -0.25) is 0 Å². The van der Waals surface area contributed by atoms with Gasteiger partial charge in [0.25, 0.3) is 0 Å². The zero-order chi connectivity index (χ0) is 11.2. The van der Waals surface area contributed by atoms with Gasteiger partial charge in [-0.1, -0.05) is 48.9 Å². The van der Waals surface area contributed by atoms with E-state index < -0.39 is 0 Å².